The summed E-state index contributed by atoms with van der Waals surface area (Å²) in [6.45, 7) is 2.44. The summed E-state index contributed by atoms with van der Waals surface area (Å²) in [6, 6.07) is -0.0651. The highest BCUT2D eigenvalue weighted by Crippen LogP contribution is 2.19. The summed E-state index contributed by atoms with van der Waals surface area (Å²) in [6.07, 6.45) is 10.4. The van der Waals surface area contributed by atoms with Crippen molar-refractivity contribution < 1.29 is 19.5 Å². The first-order chi connectivity index (χ1) is 12.0. The van der Waals surface area contributed by atoms with Crippen LogP contribution in [0.3, 0.4) is 0 Å². The van der Waals surface area contributed by atoms with Gasteiger partial charge in [0.1, 0.15) is 0 Å². The third kappa shape index (κ3) is 9.09. The van der Waals surface area contributed by atoms with E-state index in [1.807, 2.05) is 6.08 Å². The number of carbonyl (C=O) groups excluding carboxylic acids is 2. The van der Waals surface area contributed by atoms with E-state index in [1.54, 1.807) is 11.0 Å². The molecule has 0 aromatic carbocycles. The van der Waals surface area contributed by atoms with Gasteiger partial charge in [-0.1, -0.05) is 31.8 Å². The van der Waals surface area contributed by atoms with E-state index in [0.29, 0.717) is 32.2 Å². The summed E-state index contributed by atoms with van der Waals surface area (Å²) < 4.78 is 0. The van der Waals surface area contributed by atoms with Crippen molar-refractivity contribution >= 4 is 17.7 Å². The highest BCUT2D eigenvalue weighted by molar-refractivity contribution is 5.89. The lowest BCUT2D eigenvalue weighted by molar-refractivity contribution is -0.137. The van der Waals surface area contributed by atoms with Crippen molar-refractivity contribution in [3.05, 3.63) is 12.2 Å². The van der Waals surface area contributed by atoms with Gasteiger partial charge in [0.15, 0.2) is 5.78 Å². The van der Waals surface area contributed by atoms with Gasteiger partial charge in [0.25, 0.3) is 0 Å². The van der Waals surface area contributed by atoms with Crippen LogP contribution in [0.15, 0.2) is 12.2 Å². The molecule has 1 fully saturated rings. The maximum absolute atomic E-state index is 12.1. The third-order valence-electron chi connectivity index (χ3n) is 4.21. The quantitative estimate of drug-likeness (QED) is 0.374. The molecule has 0 saturated carbocycles. The Hall–Kier alpha value is -2.09. The molecule has 0 spiro atoms. The molecular formula is C20H29NO4. The number of amides is 1. The van der Waals surface area contributed by atoms with Crippen molar-refractivity contribution in [2.75, 3.05) is 6.54 Å². The Bertz CT molecular complexity index is 542. The Morgan fingerprint density at radius 1 is 1.24 bits per heavy atom. The van der Waals surface area contributed by atoms with Crippen molar-refractivity contribution in [3.63, 3.8) is 0 Å². The number of ketones is 1. The molecule has 1 rings (SSSR count). The third-order valence-corrected chi connectivity index (χ3v) is 4.21. The Morgan fingerprint density at radius 3 is 2.76 bits per heavy atom. The van der Waals surface area contributed by atoms with Gasteiger partial charge in [-0.25, -0.2) is 0 Å². The molecule has 25 heavy (non-hydrogen) atoms. The number of carboxylic acid groups (broad SMARTS) is 1. The molecule has 0 aromatic heterocycles. The second kappa shape index (κ2) is 12.3. The highest BCUT2D eigenvalue weighted by atomic mass is 16.4. The van der Waals surface area contributed by atoms with Crippen LogP contribution >= 0.6 is 0 Å². The average Bonchev–Trinajstić information content (AvgIpc) is 2.57. The summed E-state index contributed by atoms with van der Waals surface area (Å²) >= 11 is 0. The number of piperidine rings is 1. The van der Waals surface area contributed by atoms with E-state index < -0.39 is 5.97 Å². The first-order valence-electron chi connectivity index (χ1n) is 9.22. The SMILES string of the molecule is CCCCCC(=O)/C=C/[C@H]1CCCC(=O)N1CC#CCCCC(=O)O. The van der Waals surface area contributed by atoms with Crippen LogP contribution in [0.5, 0.6) is 0 Å². The smallest absolute Gasteiger partial charge is 0.303 e. The van der Waals surface area contributed by atoms with Crippen LogP contribution in [0.1, 0.15) is 71.1 Å². The lowest BCUT2D eigenvalue weighted by Crippen LogP contribution is -2.42. The van der Waals surface area contributed by atoms with Crippen molar-refractivity contribution in [3.8, 4) is 11.8 Å². The standard InChI is InChI=1S/C20H29NO4/c1-2-3-6-11-18(22)15-14-17-10-9-12-19(23)21(17)16-8-5-4-7-13-20(24)25/h14-15,17H,2-4,6-7,9-13,16H2,1H3,(H,24,25)/b15-14+/t17-/m1/s1. The van der Waals surface area contributed by atoms with Crippen molar-refractivity contribution in [2.24, 2.45) is 0 Å². The lowest BCUT2D eigenvalue weighted by Gasteiger charge is -2.32. The van der Waals surface area contributed by atoms with Gasteiger partial charge in [-0.3, -0.25) is 14.4 Å². The predicted octanol–water partition coefficient (Wildman–Crippen LogP) is 3.33. The number of aliphatic carboxylic acids is 1. The van der Waals surface area contributed by atoms with Crippen LogP contribution < -0.4 is 0 Å². The molecular weight excluding hydrogens is 318 g/mol. The van der Waals surface area contributed by atoms with Crippen LogP contribution in [0.4, 0.5) is 0 Å². The topological polar surface area (TPSA) is 74.7 Å². The summed E-state index contributed by atoms with van der Waals surface area (Å²) in [5.74, 6) is 5.26. The second-order valence-corrected chi connectivity index (χ2v) is 6.36. The molecule has 5 heteroatoms. The van der Waals surface area contributed by atoms with Crippen molar-refractivity contribution in [2.45, 2.75) is 77.2 Å². The maximum Gasteiger partial charge on any atom is 0.303 e. The molecule has 1 aliphatic heterocycles. The Morgan fingerprint density at radius 2 is 2.04 bits per heavy atom. The lowest BCUT2D eigenvalue weighted by atomic mass is 10.00. The number of hydrogen-bond donors (Lipinski definition) is 1. The molecule has 1 aliphatic rings. The van der Waals surface area contributed by atoms with E-state index >= 15 is 0 Å². The van der Waals surface area contributed by atoms with Gasteiger partial charge >= 0.3 is 5.97 Å². The molecule has 1 amide bonds. The molecule has 0 aromatic rings. The molecule has 1 N–H and O–H groups in total. The molecule has 0 aliphatic carbocycles. The molecule has 138 valence electrons. The fourth-order valence-corrected chi connectivity index (χ4v) is 2.76. The van der Waals surface area contributed by atoms with E-state index in [2.05, 4.69) is 18.8 Å². The zero-order valence-corrected chi connectivity index (χ0v) is 15.1. The van der Waals surface area contributed by atoms with Gasteiger partial charge in [-0.05, 0) is 31.8 Å². The Kier molecular flexibility index (Phi) is 10.3. The molecule has 5 nitrogen and oxygen atoms in total. The van der Waals surface area contributed by atoms with Crippen LogP contribution in [0, 0.1) is 11.8 Å². The summed E-state index contributed by atoms with van der Waals surface area (Å²) in [5.41, 5.74) is 0. The molecule has 0 bridgehead atoms. The van der Waals surface area contributed by atoms with Gasteiger partial charge in [-0.2, -0.15) is 0 Å². The number of carboxylic acids is 1. The Labute approximate surface area is 150 Å². The number of rotatable bonds is 10. The van der Waals surface area contributed by atoms with E-state index in [9.17, 15) is 14.4 Å². The van der Waals surface area contributed by atoms with Crippen molar-refractivity contribution in [1.29, 1.82) is 0 Å². The molecule has 0 unspecified atom stereocenters. The monoisotopic (exact) mass is 347 g/mol. The average molecular weight is 347 g/mol. The minimum atomic E-state index is -0.818. The number of unbranched alkanes of at least 4 members (excludes halogenated alkanes) is 3. The fraction of sp³-hybridized carbons (Fsp3) is 0.650. The number of carbonyl (C=O) groups is 3. The van der Waals surface area contributed by atoms with Gasteiger partial charge in [0.2, 0.25) is 5.91 Å². The molecule has 1 heterocycles. The van der Waals surface area contributed by atoms with E-state index in [-0.39, 0.29) is 24.2 Å². The Balaban J connectivity index is 2.50. The maximum atomic E-state index is 12.1. The number of nitrogens with zero attached hydrogens (tertiary/aromatic N) is 1. The van der Waals surface area contributed by atoms with Gasteiger partial charge in [0.05, 0.1) is 12.6 Å². The van der Waals surface area contributed by atoms with E-state index in [0.717, 1.165) is 32.1 Å². The van der Waals surface area contributed by atoms with Gasteiger partial charge < -0.3 is 10.0 Å². The van der Waals surface area contributed by atoms with E-state index in [4.69, 9.17) is 5.11 Å². The minimum absolute atomic E-state index is 0.0651. The zero-order valence-electron chi connectivity index (χ0n) is 15.1. The number of likely N-dealkylation sites (tertiary alicyclic amines) is 1. The summed E-state index contributed by atoms with van der Waals surface area (Å²) in [5, 5.41) is 8.58. The van der Waals surface area contributed by atoms with Crippen LogP contribution in [0.2, 0.25) is 0 Å². The normalized spacial score (nSPS) is 17.4. The summed E-state index contributed by atoms with van der Waals surface area (Å²) in [7, 11) is 0. The molecule has 0 radical (unpaired) electrons. The minimum Gasteiger partial charge on any atom is -0.481 e. The molecule has 1 atom stereocenters. The fourth-order valence-electron chi connectivity index (χ4n) is 2.76. The zero-order chi connectivity index (χ0) is 18.5. The van der Waals surface area contributed by atoms with Crippen LogP contribution in [-0.2, 0) is 14.4 Å². The van der Waals surface area contributed by atoms with Crippen molar-refractivity contribution in [1.82, 2.24) is 4.90 Å². The van der Waals surface area contributed by atoms with E-state index in [1.165, 1.54) is 0 Å². The first kappa shape index (κ1) is 21.0. The highest BCUT2D eigenvalue weighted by Gasteiger charge is 2.25. The van der Waals surface area contributed by atoms with Gasteiger partial charge in [0, 0.05) is 25.7 Å². The largest absolute Gasteiger partial charge is 0.481 e. The predicted molar refractivity (Wildman–Crippen MR) is 96.9 cm³/mol. The van der Waals surface area contributed by atoms with Gasteiger partial charge in [-0.15, -0.1) is 5.92 Å². The number of hydrogen-bond acceptors (Lipinski definition) is 3. The summed E-state index contributed by atoms with van der Waals surface area (Å²) in [4.78, 5) is 36.2. The van der Waals surface area contributed by atoms with Crippen LogP contribution in [0.25, 0.3) is 0 Å². The van der Waals surface area contributed by atoms with Crippen LogP contribution in [-0.4, -0.2) is 40.3 Å². The molecule has 1 saturated heterocycles. The number of allylic oxidation sites excluding steroid dienone is 1. The first-order valence-corrected chi connectivity index (χ1v) is 9.22. The second-order valence-electron chi connectivity index (χ2n) is 6.36.